The topological polar surface area (TPSA) is 15.3 Å². The van der Waals surface area contributed by atoms with Gasteiger partial charge in [-0.05, 0) is 49.3 Å². The van der Waals surface area contributed by atoms with Crippen LogP contribution in [0.3, 0.4) is 0 Å². The summed E-state index contributed by atoms with van der Waals surface area (Å²) in [6.45, 7) is 2.08. The molecule has 0 aromatic heterocycles. The minimum absolute atomic E-state index is 0.749. The van der Waals surface area contributed by atoms with Gasteiger partial charge in [0.05, 0.1) is 10.7 Å². The Labute approximate surface area is 127 Å². The van der Waals surface area contributed by atoms with Gasteiger partial charge in [0.15, 0.2) is 0 Å². The van der Waals surface area contributed by atoms with Crippen molar-refractivity contribution in [2.75, 3.05) is 18.5 Å². The normalized spacial score (nSPS) is 19.5. The lowest BCUT2D eigenvalue weighted by Gasteiger charge is -2.24. The first kappa shape index (κ1) is 14.2. The third-order valence-electron chi connectivity index (χ3n) is 4.60. The fourth-order valence-corrected chi connectivity index (χ4v) is 3.55. The van der Waals surface area contributed by atoms with Crippen molar-refractivity contribution in [1.82, 2.24) is 5.32 Å². The van der Waals surface area contributed by atoms with E-state index in [2.05, 4.69) is 35.5 Å². The molecule has 0 unspecified atom stereocenters. The maximum Gasteiger partial charge on any atom is 0.0642 e. The second kappa shape index (κ2) is 6.36. The number of hydrogen-bond acceptors (Lipinski definition) is 2. The molecule has 3 heteroatoms. The first-order valence-electron chi connectivity index (χ1n) is 7.95. The fourth-order valence-electron chi connectivity index (χ4n) is 3.20. The third kappa shape index (κ3) is 3.67. The number of rotatable bonds is 6. The molecule has 2 aliphatic carbocycles. The number of hydrogen-bond donors (Lipinski definition) is 1. The second-order valence-corrected chi connectivity index (χ2v) is 6.88. The molecule has 110 valence electrons. The molecule has 1 aromatic rings. The Morgan fingerprint density at radius 2 is 1.95 bits per heavy atom. The molecule has 0 spiro atoms. The van der Waals surface area contributed by atoms with Crippen LogP contribution in [0, 0.1) is 5.92 Å². The molecule has 0 aliphatic heterocycles. The van der Waals surface area contributed by atoms with Gasteiger partial charge in [-0.15, -0.1) is 0 Å². The molecule has 0 radical (unpaired) electrons. The SMILES string of the molecule is CN(CC1CCCC1)c1ccc(CNC2CC2)cc1Cl. The van der Waals surface area contributed by atoms with Crippen LogP contribution >= 0.6 is 11.6 Å². The highest BCUT2D eigenvalue weighted by Gasteiger charge is 2.20. The number of halogens is 1. The van der Waals surface area contributed by atoms with Crippen molar-refractivity contribution in [3.63, 3.8) is 0 Å². The lowest BCUT2D eigenvalue weighted by Crippen LogP contribution is -2.24. The summed E-state index contributed by atoms with van der Waals surface area (Å²) in [4.78, 5) is 2.33. The monoisotopic (exact) mass is 292 g/mol. The van der Waals surface area contributed by atoms with Crippen molar-refractivity contribution in [2.24, 2.45) is 5.92 Å². The average Bonchev–Trinajstić information content (AvgIpc) is 3.13. The molecule has 0 saturated heterocycles. The van der Waals surface area contributed by atoms with Crippen LogP contribution in [0.15, 0.2) is 18.2 Å². The number of nitrogens with one attached hydrogen (secondary N) is 1. The summed E-state index contributed by atoms with van der Waals surface area (Å²) in [7, 11) is 2.17. The molecule has 0 atom stereocenters. The van der Waals surface area contributed by atoms with Crippen LogP contribution in [-0.2, 0) is 6.54 Å². The molecule has 1 aromatic carbocycles. The van der Waals surface area contributed by atoms with E-state index >= 15 is 0 Å². The maximum absolute atomic E-state index is 6.47. The Balaban J connectivity index is 1.59. The van der Waals surface area contributed by atoms with E-state index in [4.69, 9.17) is 11.6 Å². The molecule has 0 bridgehead atoms. The lowest BCUT2D eigenvalue weighted by atomic mass is 10.1. The van der Waals surface area contributed by atoms with E-state index in [9.17, 15) is 0 Å². The summed E-state index contributed by atoms with van der Waals surface area (Å²) >= 11 is 6.47. The smallest absolute Gasteiger partial charge is 0.0642 e. The summed E-state index contributed by atoms with van der Waals surface area (Å²) in [6, 6.07) is 7.26. The zero-order valence-electron chi connectivity index (χ0n) is 12.4. The van der Waals surface area contributed by atoms with Crippen LogP contribution in [0.5, 0.6) is 0 Å². The van der Waals surface area contributed by atoms with Crippen molar-refractivity contribution in [2.45, 2.75) is 51.1 Å². The van der Waals surface area contributed by atoms with E-state index in [1.54, 1.807) is 0 Å². The van der Waals surface area contributed by atoms with E-state index in [0.29, 0.717) is 0 Å². The van der Waals surface area contributed by atoms with E-state index in [1.165, 1.54) is 49.8 Å². The molecule has 20 heavy (non-hydrogen) atoms. The van der Waals surface area contributed by atoms with E-state index < -0.39 is 0 Å². The van der Waals surface area contributed by atoms with E-state index in [1.807, 2.05) is 0 Å². The Hall–Kier alpha value is -0.730. The molecule has 2 nitrogen and oxygen atoms in total. The Bertz CT molecular complexity index is 450. The highest BCUT2D eigenvalue weighted by atomic mass is 35.5. The van der Waals surface area contributed by atoms with Gasteiger partial charge in [0.2, 0.25) is 0 Å². The largest absolute Gasteiger partial charge is 0.373 e. The highest BCUT2D eigenvalue weighted by molar-refractivity contribution is 6.33. The van der Waals surface area contributed by atoms with Gasteiger partial charge in [0.25, 0.3) is 0 Å². The van der Waals surface area contributed by atoms with Gasteiger partial charge in [-0.1, -0.05) is 30.5 Å². The molecule has 0 amide bonds. The number of nitrogens with zero attached hydrogens (tertiary/aromatic N) is 1. The summed E-state index contributed by atoms with van der Waals surface area (Å²) < 4.78 is 0. The molecule has 2 fully saturated rings. The minimum Gasteiger partial charge on any atom is -0.373 e. The first-order valence-corrected chi connectivity index (χ1v) is 8.33. The highest BCUT2D eigenvalue weighted by Crippen LogP contribution is 2.30. The van der Waals surface area contributed by atoms with Gasteiger partial charge in [0, 0.05) is 26.2 Å². The molecule has 2 saturated carbocycles. The Morgan fingerprint density at radius 3 is 2.60 bits per heavy atom. The summed E-state index contributed by atoms with van der Waals surface area (Å²) in [5, 5.41) is 4.42. The predicted molar refractivity (Wildman–Crippen MR) is 86.5 cm³/mol. The molecular weight excluding hydrogens is 268 g/mol. The van der Waals surface area contributed by atoms with Crippen molar-refractivity contribution < 1.29 is 0 Å². The molecule has 2 aliphatic rings. The third-order valence-corrected chi connectivity index (χ3v) is 4.91. The zero-order valence-corrected chi connectivity index (χ0v) is 13.1. The number of anilines is 1. The summed E-state index contributed by atoms with van der Waals surface area (Å²) in [5.41, 5.74) is 2.47. The van der Waals surface area contributed by atoms with E-state index in [-0.39, 0.29) is 0 Å². The second-order valence-electron chi connectivity index (χ2n) is 6.47. The van der Waals surface area contributed by atoms with Crippen molar-refractivity contribution in [3.05, 3.63) is 28.8 Å². The van der Waals surface area contributed by atoms with Crippen LogP contribution in [0.4, 0.5) is 5.69 Å². The quantitative estimate of drug-likeness (QED) is 0.844. The number of benzene rings is 1. The van der Waals surface area contributed by atoms with E-state index in [0.717, 1.165) is 30.1 Å². The van der Waals surface area contributed by atoms with Gasteiger partial charge in [-0.3, -0.25) is 0 Å². The minimum atomic E-state index is 0.749. The summed E-state index contributed by atoms with van der Waals surface area (Å²) in [6.07, 6.45) is 8.22. The summed E-state index contributed by atoms with van der Waals surface area (Å²) in [5.74, 6) is 0.854. The molecule has 3 rings (SSSR count). The van der Waals surface area contributed by atoms with Crippen LogP contribution in [0.25, 0.3) is 0 Å². The lowest BCUT2D eigenvalue weighted by molar-refractivity contribution is 0.547. The van der Waals surface area contributed by atoms with Gasteiger partial charge in [-0.25, -0.2) is 0 Å². The Kier molecular flexibility index (Phi) is 4.52. The van der Waals surface area contributed by atoms with Gasteiger partial charge in [-0.2, -0.15) is 0 Å². The fraction of sp³-hybridized carbons (Fsp3) is 0.647. The van der Waals surface area contributed by atoms with Gasteiger partial charge in [0.1, 0.15) is 0 Å². The van der Waals surface area contributed by atoms with Crippen molar-refractivity contribution in [1.29, 1.82) is 0 Å². The van der Waals surface area contributed by atoms with Crippen LogP contribution < -0.4 is 10.2 Å². The van der Waals surface area contributed by atoms with Crippen LogP contribution in [-0.4, -0.2) is 19.6 Å². The Morgan fingerprint density at radius 1 is 1.20 bits per heavy atom. The standard InChI is InChI=1S/C17H25ClN2/c1-20(12-13-4-2-3-5-13)17-9-6-14(10-16(17)18)11-19-15-7-8-15/h6,9-10,13,15,19H,2-5,7-8,11-12H2,1H3. The van der Waals surface area contributed by atoms with Gasteiger partial charge >= 0.3 is 0 Å². The van der Waals surface area contributed by atoms with Crippen molar-refractivity contribution in [3.8, 4) is 0 Å². The van der Waals surface area contributed by atoms with Crippen molar-refractivity contribution >= 4 is 17.3 Å². The van der Waals surface area contributed by atoms with Crippen LogP contribution in [0.2, 0.25) is 5.02 Å². The molecule has 1 N–H and O–H groups in total. The van der Waals surface area contributed by atoms with Crippen LogP contribution in [0.1, 0.15) is 44.1 Å². The zero-order chi connectivity index (χ0) is 13.9. The van der Waals surface area contributed by atoms with Gasteiger partial charge < -0.3 is 10.2 Å². The predicted octanol–water partition coefficient (Wildman–Crippen LogP) is 4.22. The molecular formula is C17H25ClN2. The maximum atomic E-state index is 6.47. The first-order chi connectivity index (χ1) is 9.72. The average molecular weight is 293 g/mol. The molecule has 0 heterocycles.